The summed E-state index contributed by atoms with van der Waals surface area (Å²) in [5.41, 5.74) is 5.81. The molecule has 0 unspecified atom stereocenters. The van der Waals surface area contributed by atoms with Gasteiger partial charge in [-0.05, 0) is 158 Å². The fourth-order valence-electron chi connectivity index (χ4n) is 8.59. The van der Waals surface area contributed by atoms with Gasteiger partial charge < -0.3 is 40.6 Å². The summed E-state index contributed by atoms with van der Waals surface area (Å²) in [6.07, 6.45) is 5.26. The van der Waals surface area contributed by atoms with Gasteiger partial charge in [-0.2, -0.15) is 0 Å². The Morgan fingerprint density at radius 2 is 1.54 bits per heavy atom. The molecule has 1 aliphatic carbocycles. The predicted molar refractivity (Wildman–Crippen MR) is 258 cm³/mol. The van der Waals surface area contributed by atoms with Crippen molar-refractivity contribution in [3.63, 3.8) is 0 Å². The van der Waals surface area contributed by atoms with E-state index in [0.717, 1.165) is 40.6 Å². The Balaban J connectivity index is 0.996. The number of piperidine rings is 1. The van der Waals surface area contributed by atoms with Crippen molar-refractivity contribution in [3.05, 3.63) is 102 Å². The molecule has 15 heteroatoms. The molecule has 0 radical (unpaired) electrons. The smallest absolute Gasteiger partial charge is 0.410 e. The van der Waals surface area contributed by atoms with E-state index in [9.17, 15) is 24.0 Å². The third-order valence-electron chi connectivity index (χ3n) is 12.1. The number of fused-ring (bicyclic) bond motifs is 1. The maximum Gasteiger partial charge on any atom is 0.410 e. The number of carbonyl (C=O) groups excluding carboxylic acids is 5. The number of benzene rings is 3. The fraction of sp³-hybridized carbons (Fsp3) is 0.442. The molecule has 3 aromatic carbocycles. The number of hydrogen-bond acceptors (Lipinski definition) is 9. The van der Waals surface area contributed by atoms with Gasteiger partial charge in [-0.15, -0.1) is 0 Å². The summed E-state index contributed by atoms with van der Waals surface area (Å²) in [7, 11) is 0. The normalized spacial score (nSPS) is 17.3. The van der Waals surface area contributed by atoms with Crippen molar-refractivity contribution in [1.29, 1.82) is 0 Å². The lowest BCUT2D eigenvalue weighted by molar-refractivity contribution is -0.130. The van der Waals surface area contributed by atoms with Crippen LogP contribution in [0.2, 0.25) is 0 Å². The lowest BCUT2D eigenvalue weighted by atomic mass is 9.81. The zero-order valence-corrected chi connectivity index (χ0v) is 39.7. The summed E-state index contributed by atoms with van der Waals surface area (Å²) in [5.74, 6) is -0.122. The molecule has 1 atom stereocenters. The van der Waals surface area contributed by atoms with Crippen molar-refractivity contribution < 1.29 is 33.4 Å². The van der Waals surface area contributed by atoms with E-state index in [-0.39, 0.29) is 48.1 Å². The monoisotopic (exact) mass is 912 g/mol. The van der Waals surface area contributed by atoms with Gasteiger partial charge in [0.05, 0.1) is 11.0 Å². The topological polar surface area (TPSA) is 197 Å². The second-order valence-corrected chi connectivity index (χ2v) is 19.8. The highest BCUT2D eigenvalue weighted by molar-refractivity contribution is 5.99. The van der Waals surface area contributed by atoms with Crippen LogP contribution in [-0.2, 0) is 25.5 Å². The highest BCUT2D eigenvalue weighted by Gasteiger charge is 2.31. The number of aryl methyl sites for hydroxylation is 1. The van der Waals surface area contributed by atoms with E-state index in [0.29, 0.717) is 73.6 Å². The lowest BCUT2D eigenvalue weighted by Crippen LogP contribution is -2.48. The number of carbonyl (C=O) groups is 5. The first kappa shape index (κ1) is 48.2. The van der Waals surface area contributed by atoms with E-state index in [1.165, 1.54) is 0 Å². The third kappa shape index (κ3) is 13.4. The van der Waals surface area contributed by atoms with Crippen LogP contribution in [0.3, 0.4) is 0 Å². The molecule has 1 aliphatic heterocycles. The quantitative estimate of drug-likeness (QED) is 0.0813. The van der Waals surface area contributed by atoms with E-state index < -0.39 is 23.3 Å². The molecule has 7 rings (SSSR count). The molecule has 0 spiro atoms. The summed E-state index contributed by atoms with van der Waals surface area (Å²) in [6.45, 7) is 14.5. The number of likely N-dealkylation sites (tertiary alicyclic amines) is 1. The molecular weight excluding hydrogens is 849 g/mol. The number of H-pyrrole nitrogens is 1. The van der Waals surface area contributed by atoms with Crippen LogP contribution in [0.25, 0.3) is 33.7 Å². The number of pyridine rings is 1. The lowest BCUT2D eigenvalue weighted by Gasteiger charge is -2.33. The Labute approximate surface area is 392 Å². The third-order valence-corrected chi connectivity index (χ3v) is 12.1. The standard InChI is InChI=1S/C52H64N8O7/c1-32-28-37(47(62)55-38-23-26-60(27-24-38)50(65)67-52(5,6)7)19-21-40(32)35-15-11-33(12-16-35)29-44(59-46(61)36-17-13-34(14-18-36)31-54-49(64)66-51(2,3)4)48(63)56-39-20-22-41-43(30-39)58-45(57-41)42-10-8-9-25-53-42/h8-12,15-16,19-22,25,28,30,34,36,38,44H,13-14,17-18,23-24,26-27,29,31H2,1-7H3,(H,54,64)(H,55,62)(H,56,63)(H,57,58)(H,59,61)/t34-,36-,44-/m0/s1. The van der Waals surface area contributed by atoms with Crippen LogP contribution < -0.4 is 21.3 Å². The minimum atomic E-state index is -0.882. The van der Waals surface area contributed by atoms with Crippen LogP contribution in [-0.4, -0.2) is 92.7 Å². The zero-order chi connectivity index (χ0) is 47.9. The van der Waals surface area contributed by atoms with Gasteiger partial charge in [0.25, 0.3) is 5.91 Å². The number of imidazole rings is 1. The maximum absolute atomic E-state index is 14.2. The number of nitrogens with one attached hydrogen (secondary N) is 5. The number of alkyl carbamates (subject to hydrolysis) is 1. The van der Waals surface area contributed by atoms with Gasteiger partial charge >= 0.3 is 12.2 Å². The second kappa shape index (κ2) is 20.8. The number of anilines is 1. The molecule has 354 valence electrons. The van der Waals surface area contributed by atoms with Gasteiger partial charge in [-0.3, -0.25) is 19.4 Å². The van der Waals surface area contributed by atoms with Crippen LogP contribution in [0, 0.1) is 18.8 Å². The van der Waals surface area contributed by atoms with E-state index in [2.05, 4.69) is 31.2 Å². The molecule has 1 saturated heterocycles. The minimum absolute atomic E-state index is 0.0463. The first-order chi connectivity index (χ1) is 31.9. The molecule has 3 heterocycles. The van der Waals surface area contributed by atoms with E-state index in [4.69, 9.17) is 14.5 Å². The van der Waals surface area contributed by atoms with Gasteiger partial charge in [-0.1, -0.05) is 36.4 Å². The second-order valence-electron chi connectivity index (χ2n) is 19.8. The summed E-state index contributed by atoms with van der Waals surface area (Å²) in [4.78, 5) is 80.2. The van der Waals surface area contributed by atoms with Crippen LogP contribution in [0.4, 0.5) is 15.3 Å². The maximum atomic E-state index is 14.2. The van der Waals surface area contributed by atoms with Crippen LogP contribution in [0.5, 0.6) is 0 Å². The number of rotatable bonds is 12. The van der Waals surface area contributed by atoms with Crippen LogP contribution in [0.15, 0.2) is 85.1 Å². The molecule has 5 amide bonds. The Bertz CT molecular complexity index is 2550. The highest BCUT2D eigenvalue weighted by atomic mass is 16.6. The van der Waals surface area contributed by atoms with Crippen molar-refractivity contribution in [2.45, 2.75) is 117 Å². The number of hydrogen-bond donors (Lipinski definition) is 5. The molecule has 5 aromatic rings. The predicted octanol–water partition coefficient (Wildman–Crippen LogP) is 8.73. The van der Waals surface area contributed by atoms with Gasteiger partial charge in [0, 0.05) is 55.5 Å². The van der Waals surface area contributed by atoms with Gasteiger partial charge in [0.1, 0.15) is 22.9 Å². The number of amides is 5. The van der Waals surface area contributed by atoms with Crippen molar-refractivity contribution >= 4 is 46.6 Å². The Morgan fingerprint density at radius 1 is 0.821 bits per heavy atom. The van der Waals surface area contributed by atoms with Crippen molar-refractivity contribution in [1.82, 2.24) is 35.8 Å². The van der Waals surface area contributed by atoms with Crippen molar-refractivity contribution in [3.8, 4) is 22.6 Å². The molecule has 1 saturated carbocycles. The molecule has 5 N–H and O–H groups in total. The summed E-state index contributed by atoms with van der Waals surface area (Å²) in [5, 5.41) is 12.1. The van der Waals surface area contributed by atoms with E-state index in [1.54, 1.807) is 23.2 Å². The highest BCUT2D eigenvalue weighted by Crippen LogP contribution is 2.30. The molecule has 67 heavy (non-hydrogen) atoms. The first-order valence-electron chi connectivity index (χ1n) is 23.3. The van der Waals surface area contributed by atoms with E-state index >= 15 is 0 Å². The molecule has 2 fully saturated rings. The van der Waals surface area contributed by atoms with Crippen LogP contribution in [0.1, 0.15) is 102 Å². The average molecular weight is 913 g/mol. The van der Waals surface area contributed by atoms with Crippen molar-refractivity contribution in [2.75, 3.05) is 25.0 Å². The number of nitrogens with zero attached hydrogens (tertiary/aromatic N) is 3. The first-order valence-corrected chi connectivity index (χ1v) is 23.3. The number of aromatic amines is 1. The molecular formula is C52H64N8O7. The zero-order valence-electron chi connectivity index (χ0n) is 39.7. The van der Waals surface area contributed by atoms with Gasteiger partial charge in [0.15, 0.2) is 5.82 Å². The summed E-state index contributed by atoms with van der Waals surface area (Å²) in [6, 6.07) is 23.7. The Hall–Kier alpha value is -6.77. The largest absolute Gasteiger partial charge is 0.444 e. The van der Waals surface area contributed by atoms with Crippen molar-refractivity contribution in [2.24, 2.45) is 11.8 Å². The van der Waals surface area contributed by atoms with Gasteiger partial charge in [-0.25, -0.2) is 14.6 Å². The Kier molecular flexibility index (Phi) is 15.0. The molecule has 0 bridgehead atoms. The van der Waals surface area contributed by atoms with Crippen LogP contribution >= 0.6 is 0 Å². The average Bonchev–Trinajstić information content (AvgIpc) is 3.72. The summed E-state index contributed by atoms with van der Waals surface area (Å²) >= 11 is 0. The molecule has 15 nitrogen and oxygen atoms in total. The SMILES string of the molecule is Cc1cc(C(=O)NC2CCN(C(=O)OC(C)(C)C)CC2)ccc1-c1ccc(C[C@H](NC(=O)[C@H]2CC[C@H](CNC(=O)OC(C)(C)C)CC2)C(=O)Nc2ccc3[nH]c(-c4ccccn4)nc3c2)cc1. The minimum Gasteiger partial charge on any atom is -0.444 e. The van der Waals surface area contributed by atoms with E-state index in [1.807, 2.05) is 115 Å². The fourth-order valence-corrected chi connectivity index (χ4v) is 8.59. The summed E-state index contributed by atoms with van der Waals surface area (Å²) < 4.78 is 10.9. The van der Waals surface area contributed by atoms with Gasteiger partial charge in [0.2, 0.25) is 11.8 Å². The molecule has 2 aliphatic rings. The number of aromatic nitrogens is 3. The Morgan fingerprint density at radius 3 is 2.19 bits per heavy atom. The number of ether oxygens (including phenoxy) is 2. The molecule has 2 aromatic heterocycles.